The molecule has 1 aromatic carbocycles. The monoisotopic (exact) mass is 361 g/mol. The van der Waals surface area contributed by atoms with Crippen LogP contribution in [0.3, 0.4) is 0 Å². The maximum absolute atomic E-state index is 12.3. The van der Waals surface area contributed by atoms with Crippen LogP contribution < -0.4 is 10.1 Å². The zero-order valence-corrected chi connectivity index (χ0v) is 16.0. The lowest BCUT2D eigenvalue weighted by Crippen LogP contribution is -2.30. The van der Waals surface area contributed by atoms with E-state index in [9.17, 15) is 9.59 Å². The molecule has 2 aromatic rings. The normalized spacial score (nSPS) is 11.7. The molecule has 5 nitrogen and oxygen atoms in total. The quantitative estimate of drug-likeness (QED) is 0.786. The highest BCUT2D eigenvalue weighted by Crippen LogP contribution is 2.26. The fraction of sp³-hybridized carbons (Fsp3) is 0.368. The third-order valence-electron chi connectivity index (χ3n) is 3.87. The minimum atomic E-state index is -0.912. The van der Waals surface area contributed by atoms with E-state index in [1.807, 2.05) is 32.9 Å². The van der Waals surface area contributed by atoms with E-state index in [0.29, 0.717) is 16.3 Å². The maximum atomic E-state index is 12.3. The molecule has 1 atom stereocenters. The molecule has 0 aliphatic carbocycles. The summed E-state index contributed by atoms with van der Waals surface area (Å²) in [5.41, 5.74) is 2.66. The summed E-state index contributed by atoms with van der Waals surface area (Å²) in [6, 6.07) is 7.31. The molecule has 0 saturated heterocycles. The molecule has 25 heavy (non-hydrogen) atoms. The Labute approximate surface area is 152 Å². The van der Waals surface area contributed by atoms with Crippen LogP contribution in [0.25, 0.3) is 0 Å². The van der Waals surface area contributed by atoms with E-state index in [-0.39, 0.29) is 0 Å². The van der Waals surface area contributed by atoms with Gasteiger partial charge in [-0.1, -0.05) is 13.0 Å². The van der Waals surface area contributed by atoms with Crippen LogP contribution in [0, 0.1) is 13.8 Å². The first-order valence-corrected chi connectivity index (χ1v) is 8.93. The van der Waals surface area contributed by atoms with Gasteiger partial charge < -0.3 is 14.8 Å². The number of anilines is 1. The minimum Gasteiger partial charge on any atom is -0.495 e. The Balaban J connectivity index is 2.05. The number of carbonyl (C=O) groups excluding carboxylic acids is 2. The summed E-state index contributed by atoms with van der Waals surface area (Å²) in [6.07, 6.45) is -0.0519. The number of hydrogen-bond acceptors (Lipinski definition) is 5. The zero-order chi connectivity index (χ0) is 18.6. The van der Waals surface area contributed by atoms with Crippen molar-refractivity contribution in [2.24, 2.45) is 0 Å². The Kier molecular flexibility index (Phi) is 6.20. The van der Waals surface area contributed by atoms with Crippen LogP contribution in [-0.4, -0.2) is 25.1 Å². The second kappa shape index (κ2) is 8.16. The fourth-order valence-corrected chi connectivity index (χ4v) is 3.39. The van der Waals surface area contributed by atoms with Gasteiger partial charge in [0.15, 0.2) is 6.10 Å². The van der Waals surface area contributed by atoms with Gasteiger partial charge in [-0.05, 0) is 56.5 Å². The van der Waals surface area contributed by atoms with Gasteiger partial charge in [-0.2, -0.15) is 0 Å². The van der Waals surface area contributed by atoms with Crippen molar-refractivity contribution in [3.05, 3.63) is 45.1 Å². The van der Waals surface area contributed by atoms with Crippen molar-refractivity contribution >= 4 is 28.9 Å². The zero-order valence-electron chi connectivity index (χ0n) is 15.1. The number of aryl methyl sites for hydroxylation is 3. The molecule has 0 unspecified atom stereocenters. The second-order valence-corrected chi connectivity index (χ2v) is 7.04. The molecule has 0 radical (unpaired) electrons. The van der Waals surface area contributed by atoms with Crippen molar-refractivity contribution in [2.45, 2.75) is 40.2 Å². The standard InChI is InChI=1S/C19H23NO4S/c1-6-14-10-17(25-13(14)4)19(22)24-12(3)18(21)20-15-9-11(2)7-8-16(15)23-5/h7-10,12H,6H2,1-5H3,(H,20,21)/t12-/m1/s1. The summed E-state index contributed by atoms with van der Waals surface area (Å²) in [7, 11) is 1.54. The molecule has 0 saturated carbocycles. The highest BCUT2D eigenvalue weighted by molar-refractivity contribution is 7.14. The van der Waals surface area contributed by atoms with Crippen molar-refractivity contribution < 1.29 is 19.1 Å². The Morgan fingerprint density at radius 3 is 2.56 bits per heavy atom. The SMILES string of the molecule is CCc1cc(C(=O)O[C@H](C)C(=O)Nc2cc(C)ccc2OC)sc1C. The van der Waals surface area contributed by atoms with E-state index < -0.39 is 18.0 Å². The van der Waals surface area contributed by atoms with Gasteiger partial charge in [0.1, 0.15) is 10.6 Å². The van der Waals surface area contributed by atoms with Crippen LogP contribution in [0.1, 0.15) is 39.5 Å². The van der Waals surface area contributed by atoms with Crippen LogP contribution >= 0.6 is 11.3 Å². The smallest absolute Gasteiger partial charge is 0.349 e. The Morgan fingerprint density at radius 1 is 1.24 bits per heavy atom. The number of methoxy groups -OCH3 is 1. The first-order chi connectivity index (χ1) is 11.8. The number of amides is 1. The van der Waals surface area contributed by atoms with Gasteiger partial charge in [0.2, 0.25) is 0 Å². The summed E-state index contributed by atoms with van der Waals surface area (Å²) < 4.78 is 10.5. The molecular weight excluding hydrogens is 338 g/mol. The van der Waals surface area contributed by atoms with Crippen molar-refractivity contribution in [2.75, 3.05) is 12.4 Å². The Bertz CT molecular complexity index is 782. The van der Waals surface area contributed by atoms with Crippen LogP contribution in [-0.2, 0) is 16.0 Å². The number of carbonyl (C=O) groups is 2. The molecule has 1 N–H and O–H groups in total. The third-order valence-corrected chi connectivity index (χ3v) is 4.94. The van der Waals surface area contributed by atoms with E-state index >= 15 is 0 Å². The molecular formula is C19H23NO4S. The number of rotatable bonds is 6. The topological polar surface area (TPSA) is 64.6 Å². The maximum Gasteiger partial charge on any atom is 0.349 e. The molecule has 1 amide bonds. The molecule has 0 fully saturated rings. The largest absolute Gasteiger partial charge is 0.495 e. The first kappa shape index (κ1) is 19.0. The number of hydrogen-bond donors (Lipinski definition) is 1. The van der Waals surface area contributed by atoms with Crippen molar-refractivity contribution in [3.63, 3.8) is 0 Å². The van der Waals surface area contributed by atoms with Gasteiger partial charge in [-0.3, -0.25) is 4.79 Å². The highest BCUT2D eigenvalue weighted by atomic mass is 32.1. The lowest BCUT2D eigenvalue weighted by atomic mass is 10.2. The molecule has 134 valence electrons. The predicted octanol–water partition coefficient (Wildman–Crippen LogP) is 4.12. The summed E-state index contributed by atoms with van der Waals surface area (Å²) in [4.78, 5) is 26.2. The van der Waals surface area contributed by atoms with Gasteiger partial charge in [0, 0.05) is 4.88 Å². The van der Waals surface area contributed by atoms with E-state index in [1.165, 1.54) is 18.4 Å². The molecule has 0 aliphatic heterocycles. The first-order valence-electron chi connectivity index (χ1n) is 8.11. The summed E-state index contributed by atoms with van der Waals surface area (Å²) in [5.74, 6) is -0.327. The van der Waals surface area contributed by atoms with Gasteiger partial charge in [-0.15, -0.1) is 11.3 Å². The van der Waals surface area contributed by atoms with Gasteiger partial charge in [0.05, 0.1) is 12.8 Å². The number of benzene rings is 1. The number of nitrogens with one attached hydrogen (secondary N) is 1. The predicted molar refractivity (Wildman–Crippen MR) is 99.7 cm³/mol. The minimum absolute atomic E-state index is 0.402. The summed E-state index contributed by atoms with van der Waals surface area (Å²) in [5, 5.41) is 2.75. The van der Waals surface area contributed by atoms with E-state index in [1.54, 1.807) is 19.1 Å². The molecule has 1 aromatic heterocycles. The molecule has 6 heteroatoms. The van der Waals surface area contributed by atoms with Crippen LogP contribution in [0.15, 0.2) is 24.3 Å². The molecule has 0 aliphatic rings. The third kappa shape index (κ3) is 4.60. The van der Waals surface area contributed by atoms with E-state index in [0.717, 1.165) is 22.4 Å². The lowest BCUT2D eigenvalue weighted by molar-refractivity contribution is -0.123. The molecule has 1 heterocycles. The number of thiophene rings is 1. The van der Waals surface area contributed by atoms with Gasteiger partial charge in [-0.25, -0.2) is 4.79 Å². The van der Waals surface area contributed by atoms with Crippen molar-refractivity contribution in [1.29, 1.82) is 0 Å². The molecule has 0 bridgehead atoms. The van der Waals surface area contributed by atoms with E-state index in [4.69, 9.17) is 9.47 Å². The van der Waals surface area contributed by atoms with Crippen LogP contribution in [0.5, 0.6) is 5.75 Å². The Hall–Kier alpha value is -2.34. The molecule has 0 spiro atoms. The lowest BCUT2D eigenvalue weighted by Gasteiger charge is -2.15. The average Bonchev–Trinajstić information content (AvgIpc) is 2.96. The molecule has 2 rings (SSSR count). The number of ether oxygens (including phenoxy) is 2. The Morgan fingerprint density at radius 2 is 1.96 bits per heavy atom. The van der Waals surface area contributed by atoms with Gasteiger partial charge in [0.25, 0.3) is 5.91 Å². The average molecular weight is 361 g/mol. The van der Waals surface area contributed by atoms with Crippen LogP contribution in [0.4, 0.5) is 5.69 Å². The second-order valence-electron chi connectivity index (χ2n) is 5.79. The summed E-state index contributed by atoms with van der Waals surface area (Å²) >= 11 is 1.39. The highest BCUT2D eigenvalue weighted by Gasteiger charge is 2.21. The number of esters is 1. The summed E-state index contributed by atoms with van der Waals surface area (Å²) in [6.45, 7) is 7.48. The van der Waals surface area contributed by atoms with Crippen molar-refractivity contribution in [1.82, 2.24) is 0 Å². The van der Waals surface area contributed by atoms with Crippen LogP contribution in [0.2, 0.25) is 0 Å². The van der Waals surface area contributed by atoms with Crippen molar-refractivity contribution in [3.8, 4) is 5.75 Å². The van der Waals surface area contributed by atoms with E-state index in [2.05, 4.69) is 5.32 Å². The van der Waals surface area contributed by atoms with Gasteiger partial charge >= 0.3 is 5.97 Å². The fourth-order valence-electron chi connectivity index (χ4n) is 2.40.